The van der Waals surface area contributed by atoms with E-state index in [1.807, 2.05) is 0 Å². The molecule has 0 bridgehead atoms. The normalized spacial score (nSPS) is 10.6. The lowest BCUT2D eigenvalue weighted by Gasteiger charge is -2.30. The van der Waals surface area contributed by atoms with Gasteiger partial charge in [0.25, 0.3) is 0 Å². The van der Waals surface area contributed by atoms with Crippen molar-refractivity contribution >= 4 is 43.2 Å². The summed E-state index contributed by atoms with van der Waals surface area (Å²) in [6.45, 7) is 18.3. The summed E-state index contributed by atoms with van der Waals surface area (Å²) in [6, 6.07) is 0. The molecule has 4 heteroatoms. The second-order valence-electron chi connectivity index (χ2n) is 7.34. The molecule has 0 saturated carbocycles. The minimum absolute atomic E-state index is 0. The van der Waals surface area contributed by atoms with Gasteiger partial charge in [-0.15, -0.1) is 0 Å². The van der Waals surface area contributed by atoms with E-state index < -0.39 is 0 Å². The Morgan fingerprint density at radius 1 is 1.00 bits per heavy atom. The van der Waals surface area contributed by atoms with Crippen LogP contribution in [0.15, 0.2) is 12.2 Å². The quantitative estimate of drug-likeness (QED) is 0.217. The summed E-state index contributed by atoms with van der Waals surface area (Å²) >= 11 is 4.24. The third-order valence-corrected chi connectivity index (χ3v) is 2.30. The monoisotopic (exact) mass is 526 g/mol. The maximum Gasteiger partial charge on any atom is 0.333 e. The fraction of sp³-hybridized carbons (Fsp3) is 0.824. The Bertz CT molecular complexity index is 270. The average molecular weight is 526 g/mol. The molecule has 0 radical (unpaired) electrons. The zero-order valence-electron chi connectivity index (χ0n) is 13.3. The van der Waals surface area contributed by atoms with Gasteiger partial charge in [-0.05, 0) is 30.6 Å². The number of ether oxygens (including phenoxy) is 1. The van der Waals surface area contributed by atoms with Crippen LogP contribution in [0.25, 0.3) is 0 Å². The van der Waals surface area contributed by atoms with Crippen molar-refractivity contribution in [2.24, 2.45) is 10.8 Å². The van der Waals surface area contributed by atoms with Gasteiger partial charge in [-0.1, -0.05) is 63.0 Å². The van der Waals surface area contributed by atoms with Gasteiger partial charge in [-0.2, -0.15) is 0 Å². The predicted molar refractivity (Wildman–Crippen MR) is 114 cm³/mol. The third kappa shape index (κ3) is 20.7. The van der Waals surface area contributed by atoms with Crippen LogP contribution in [-0.4, -0.2) is 12.1 Å². The SMILES string of the molecule is C.C.C=C(C)C(=O)OC(CC(C)(C)C)CC(C)(C)C.II. The second-order valence-corrected chi connectivity index (χ2v) is 7.34. The number of rotatable bonds is 4. The van der Waals surface area contributed by atoms with Crippen molar-refractivity contribution in [3.8, 4) is 0 Å². The summed E-state index contributed by atoms with van der Waals surface area (Å²) in [4.78, 5) is 11.6. The molecular weight excluding hydrogens is 490 g/mol. The maximum absolute atomic E-state index is 11.6. The Hall–Kier alpha value is 0.670. The lowest BCUT2D eigenvalue weighted by atomic mass is 9.82. The summed E-state index contributed by atoms with van der Waals surface area (Å²) < 4.78 is 5.53. The van der Waals surface area contributed by atoms with Crippen LogP contribution in [0.1, 0.15) is 76.2 Å². The van der Waals surface area contributed by atoms with Crippen LogP contribution in [0.3, 0.4) is 0 Å². The first kappa shape index (κ1) is 29.7. The van der Waals surface area contributed by atoms with E-state index in [1.165, 1.54) is 0 Å². The van der Waals surface area contributed by atoms with E-state index in [4.69, 9.17) is 4.74 Å². The lowest BCUT2D eigenvalue weighted by molar-refractivity contribution is -0.147. The highest BCUT2D eigenvalue weighted by Gasteiger charge is 2.26. The van der Waals surface area contributed by atoms with Crippen LogP contribution < -0.4 is 0 Å². The topological polar surface area (TPSA) is 26.3 Å². The highest BCUT2D eigenvalue weighted by atomic mass is 128. The third-order valence-electron chi connectivity index (χ3n) is 2.30. The molecule has 0 aromatic carbocycles. The molecule has 0 fully saturated rings. The minimum atomic E-state index is -0.275. The highest BCUT2D eigenvalue weighted by molar-refractivity contribution is 15.0. The van der Waals surface area contributed by atoms with Gasteiger partial charge in [0.1, 0.15) is 6.10 Å². The molecule has 0 amide bonds. The zero-order valence-corrected chi connectivity index (χ0v) is 17.6. The first-order chi connectivity index (χ1) is 8.41. The van der Waals surface area contributed by atoms with Crippen molar-refractivity contribution in [1.29, 1.82) is 0 Å². The maximum atomic E-state index is 11.6. The van der Waals surface area contributed by atoms with Crippen molar-refractivity contribution in [1.82, 2.24) is 0 Å². The minimum Gasteiger partial charge on any atom is -0.459 e. The first-order valence-electron chi connectivity index (χ1n) is 6.41. The molecule has 0 aromatic rings. The molecule has 0 rings (SSSR count). The molecule has 0 saturated heterocycles. The Balaban J connectivity index is -0.000000344. The number of hydrogen-bond donors (Lipinski definition) is 0. The zero-order chi connectivity index (χ0) is 15.9. The molecule has 0 aliphatic rings. The highest BCUT2D eigenvalue weighted by Crippen LogP contribution is 2.30. The van der Waals surface area contributed by atoms with E-state index in [0.717, 1.165) is 12.8 Å². The van der Waals surface area contributed by atoms with Crippen molar-refractivity contribution in [3.05, 3.63) is 12.2 Å². The van der Waals surface area contributed by atoms with Gasteiger partial charge < -0.3 is 4.74 Å². The van der Waals surface area contributed by atoms with Gasteiger partial charge in [0.15, 0.2) is 0 Å². The Kier molecular flexibility index (Phi) is 18.6. The molecule has 0 atom stereocenters. The van der Waals surface area contributed by atoms with E-state index in [2.05, 4.69) is 85.4 Å². The lowest BCUT2D eigenvalue weighted by Crippen LogP contribution is -2.28. The van der Waals surface area contributed by atoms with Gasteiger partial charge in [-0.25, -0.2) is 4.79 Å². The Labute approximate surface area is 157 Å². The number of hydrogen-bond acceptors (Lipinski definition) is 2. The summed E-state index contributed by atoms with van der Waals surface area (Å²) in [5, 5.41) is 0. The molecule has 0 heterocycles. The predicted octanol–water partition coefficient (Wildman–Crippen LogP) is 7.39. The smallest absolute Gasteiger partial charge is 0.333 e. The fourth-order valence-electron chi connectivity index (χ4n) is 1.77. The number of halogens is 2. The summed E-state index contributed by atoms with van der Waals surface area (Å²) in [5.41, 5.74) is 0.786. The fourth-order valence-corrected chi connectivity index (χ4v) is 1.77. The standard InChI is InChI=1S/C15H28O2.2CH4.I2/c1-11(2)13(16)17-12(9-14(3,4)5)10-15(6,7)8;;;1-2/h12H,1,9-10H2,2-8H3;2*1H4;. The number of carbonyl (C=O) groups excluding carboxylic acids is 1. The molecule has 0 N–H and O–H groups in total. The summed E-state index contributed by atoms with van der Waals surface area (Å²) in [5.74, 6) is -0.275. The van der Waals surface area contributed by atoms with Crippen LogP contribution in [0, 0.1) is 10.8 Å². The second kappa shape index (κ2) is 13.1. The molecule has 130 valence electrons. The molecule has 0 aromatic heterocycles. The summed E-state index contributed by atoms with van der Waals surface area (Å²) in [7, 11) is 0. The molecule has 0 spiro atoms. The van der Waals surface area contributed by atoms with E-state index in [1.54, 1.807) is 6.92 Å². The molecule has 21 heavy (non-hydrogen) atoms. The van der Waals surface area contributed by atoms with Crippen molar-refractivity contribution < 1.29 is 9.53 Å². The van der Waals surface area contributed by atoms with Crippen LogP contribution in [0.2, 0.25) is 0 Å². The van der Waals surface area contributed by atoms with Gasteiger partial charge in [0.2, 0.25) is 0 Å². The number of carbonyl (C=O) groups is 1. The number of esters is 1. The molecule has 0 aliphatic heterocycles. The van der Waals surface area contributed by atoms with Crippen LogP contribution in [0.5, 0.6) is 0 Å². The van der Waals surface area contributed by atoms with E-state index in [-0.39, 0.29) is 37.8 Å². The average Bonchev–Trinajstić information content (AvgIpc) is 2.14. The van der Waals surface area contributed by atoms with E-state index >= 15 is 0 Å². The Morgan fingerprint density at radius 3 is 1.48 bits per heavy atom. The van der Waals surface area contributed by atoms with Crippen LogP contribution in [-0.2, 0) is 9.53 Å². The van der Waals surface area contributed by atoms with Crippen LogP contribution >= 0.6 is 37.2 Å². The summed E-state index contributed by atoms with van der Waals surface area (Å²) in [6.07, 6.45) is 1.73. The van der Waals surface area contributed by atoms with Gasteiger partial charge >= 0.3 is 5.97 Å². The molecule has 0 unspecified atom stereocenters. The van der Waals surface area contributed by atoms with Gasteiger partial charge in [0, 0.05) is 42.8 Å². The largest absolute Gasteiger partial charge is 0.459 e. The van der Waals surface area contributed by atoms with Crippen molar-refractivity contribution in [3.63, 3.8) is 0 Å². The van der Waals surface area contributed by atoms with Gasteiger partial charge in [0.05, 0.1) is 0 Å². The van der Waals surface area contributed by atoms with Crippen molar-refractivity contribution in [2.75, 3.05) is 0 Å². The molecule has 0 aliphatic carbocycles. The van der Waals surface area contributed by atoms with Gasteiger partial charge in [-0.3, -0.25) is 0 Å². The van der Waals surface area contributed by atoms with Crippen molar-refractivity contribution in [2.45, 2.75) is 82.3 Å². The Morgan fingerprint density at radius 2 is 1.29 bits per heavy atom. The molecular formula is C17H36I2O2. The van der Waals surface area contributed by atoms with E-state index in [0.29, 0.717) is 5.57 Å². The van der Waals surface area contributed by atoms with E-state index in [9.17, 15) is 4.79 Å². The first-order valence-corrected chi connectivity index (χ1v) is 12.7. The molecule has 2 nitrogen and oxygen atoms in total. The van der Waals surface area contributed by atoms with Crippen LogP contribution in [0.4, 0.5) is 0 Å².